The minimum absolute atomic E-state index is 0.303. The second-order valence-corrected chi connectivity index (χ2v) is 5.58. The van der Waals surface area contributed by atoms with Crippen molar-refractivity contribution >= 4 is 46.4 Å². The number of amides is 2. The highest BCUT2D eigenvalue weighted by atomic mass is 35.5. The van der Waals surface area contributed by atoms with Gasteiger partial charge in [-0.2, -0.15) is 5.10 Å². The predicted molar refractivity (Wildman–Crippen MR) is 83.8 cm³/mol. The molecule has 0 aliphatic heterocycles. The van der Waals surface area contributed by atoms with Crippen LogP contribution in [-0.2, 0) is 9.59 Å². The largest absolute Gasteiger partial charge is 0.329 e. The zero-order chi connectivity index (χ0) is 15.2. The average molecular weight is 328 g/mol. The van der Waals surface area contributed by atoms with E-state index in [1.165, 1.54) is 12.5 Å². The molecule has 0 radical (unpaired) electrons. The number of hydrogen-bond donors (Lipinski definition) is 2. The second kappa shape index (κ2) is 7.43. The molecule has 21 heavy (non-hydrogen) atoms. The standard InChI is InChI=1S/C14H15Cl2N3O2/c15-11-7-6-10(8-12(11)16)17-13(20)14(21)19-18-9-4-2-1-3-5-9/h6-8H,1-5H2,(H,17,20)(H,19,21). The number of nitrogens with zero attached hydrogens (tertiary/aromatic N) is 1. The Labute approximate surface area is 132 Å². The SMILES string of the molecule is O=C(NN=C1CCCCC1)C(=O)Nc1ccc(Cl)c(Cl)c1. The zero-order valence-corrected chi connectivity index (χ0v) is 12.8. The normalized spacial score (nSPS) is 14.5. The molecule has 0 spiro atoms. The van der Waals surface area contributed by atoms with Crippen molar-refractivity contribution in [2.75, 3.05) is 5.32 Å². The van der Waals surface area contributed by atoms with Gasteiger partial charge in [0.25, 0.3) is 0 Å². The van der Waals surface area contributed by atoms with Crippen LogP contribution in [0.15, 0.2) is 23.3 Å². The minimum Gasteiger partial charge on any atom is -0.318 e. The van der Waals surface area contributed by atoms with E-state index in [0.29, 0.717) is 15.7 Å². The number of anilines is 1. The number of hydrogen-bond acceptors (Lipinski definition) is 3. The molecule has 112 valence electrons. The van der Waals surface area contributed by atoms with Crippen molar-refractivity contribution in [3.8, 4) is 0 Å². The quantitative estimate of drug-likeness (QED) is 0.645. The number of nitrogens with one attached hydrogen (secondary N) is 2. The maximum absolute atomic E-state index is 11.7. The fourth-order valence-corrected chi connectivity index (χ4v) is 2.31. The molecule has 0 aromatic heterocycles. The van der Waals surface area contributed by atoms with E-state index in [2.05, 4.69) is 15.8 Å². The van der Waals surface area contributed by atoms with E-state index < -0.39 is 11.8 Å². The number of rotatable bonds is 2. The Morgan fingerprint density at radius 1 is 1.00 bits per heavy atom. The lowest BCUT2D eigenvalue weighted by Gasteiger charge is -2.12. The third-order valence-electron chi connectivity index (χ3n) is 3.13. The van der Waals surface area contributed by atoms with Gasteiger partial charge in [-0.25, -0.2) is 5.43 Å². The van der Waals surface area contributed by atoms with Gasteiger partial charge >= 0.3 is 11.8 Å². The van der Waals surface area contributed by atoms with Gasteiger partial charge in [0.2, 0.25) is 0 Å². The molecule has 2 amide bonds. The fraction of sp³-hybridized carbons (Fsp3) is 0.357. The van der Waals surface area contributed by atoms with Gasteiger partial charge in [-0.05, 0) is 43.9 Å². The lowest BCUT2D eigenvalue weighted by molar-refractivity contribution is -0.136. The van der Waals surface area contributed by atoms with Gasteiger partial charge in [-0.3, -0.25) is 9.59 Å². The summed E-state index contributed by atoms with van der Waals surface area (Å²) in [5.74, 6) is -1.60. The number of benzene rings is 1. The van der Waals surface area contributed by atoms with E-state index in [1.807, 2.05) is 0 Å². The predicted octanol–water partition coefficient (Wildman–Crippen LogP) is 3.37. The minimum atomic E-state index is -0.806. The Balaban J connectivity index is 1.90. The lowest BCUT2D eigenvalue weighted by atomic mass is 9.99. The van der Waals surface area contributed by atoms with Crippen LogP contribution in [0.25, 0.3) is 0 Å². The number of hydrazone groups is 1. The molecule has 5 nitrogen and oxygen atoms in total. The van der Waals surface area contributed by atoms with Gasteiger partial charge in [0, 0.05) is 11.4 Å². The molecule has 7 heteroatoms. The highest BCUT2D eigenvalue weighted by molar-refractivity contribution is 6.42. The van der Waals surface area contributed by atoms with E-state index in [-0.39, 0.29) is 0 Å². The molecule has 1 aliphatic rings. The summed E-state index contributed by atoms with van der Waals surface area (Å²) in [5, 5.41) is 7.10. The summed E-state index contributed by atoms with van der Waals surface area (Å²) in [6, 6.07) is 4.58. The lowest BCUT2D eigenvalue weighted by Crippen LogP contribution is -2.33. The van der Waals surface area contributed by atoms with Crippen molar-refractivity contribution in [1.82, 2.24) is 5.43 Å². The molecule has 2 rings (SSSR count). The van der Waals surface area contributed by atoms with Crippen LogP contribution < -0.4 is 10.7 Å². The van der Waals surface area contributed by atoms with Crippen LogP contribution in [0.2, 0.25) is 10.0 Å². The smallest absolute Gasteiger partial charge is 0.318 e. The summed E-state index contributed by atoms with van der Waals surface area (Å²) in [5.41, 5.74) is 3.60. The van der Waals surface area contributed by atoms with Crippen LogP contribution in [0.4, 0.5) is 5.69 Å². The Hall–Kier alpha value is -1.59. The molecular formula is C14H15Cl2N3O2. The molecule has 1 saturated carbocycles. The van der Waals surface area contributed by atoms with Crippen molar-refractivity contribution in [2.45, 2.75) is 32.1 Å². The highest BCUT2D eigenvalue weighted by Gasteiger charge is 2.14. The summed E-state index contributed by atoms with van der Waals surface area (Å²) in [6.45, 7) is 0. The van der Waals surface area contributed by atoms with Gasteiger partial charge in [0.05, 0.1) is 10.0 Å². The monoisotopic (exact) mass is 327 g/mol. The molecule has 0 saturated heterocycles. The molecule has 0 heterocycles. The van der Waals surface area contributed by atoms with Crippen molar-refractivity contribution in [3.63, 3.8) is 0 Å². The first-order chi connectivity index (χ1) is 10.1. The zero-order valence-electron chi connectivity index (χ0n) is 11.3. The van der Waals surface area contributed by atoms with Crippen LogP contribution in [0.5, 0.6) is 0 Å². The van der Waals surface area contributed by atoms with Crippen LogP contribution in [0.3, 0.4) is 0 Å². The molecule has 1 aromatic rings. The summed E-state index contributed by atoms with van der Waals surface area (Å²) in [4.78, 5) is 23.4. The van der Waals surface area contributed by atoms with E-state index in [4.69, 9.17) is 23.2 Å². The topological polar surface area (TPSA) is 70.6 Å². The van der Waals surface area contributed by atoms with Gasteiger partial charge in [0.1, 0.15) is 0 Å². The van der Waals surface area contributed by atoms with Gasteiger partial charge < -0.3 is 5.32 Å². The third-order valence-corrected chi connectivity index (χ3v) is 3.87. The molecule has 1 aromatic carbocycles. The number of carbonyl (C=O) groups excluding carboxylic acids is 2. The van der Waals surface area contributed by atoms with Crippen LogP contribution in [0, 0.1) is 0 Å². The fourth-order valence-electron chi connectivity index (χ4n) is 2.01. The molecule has 2 N–H and O–H groups in total. The molecule has 0 atom stereocenters. The van der Waals surface area contributed by atoms with Gasteiger partial charge in [0.15, 0.2) is 0 Å². The summed E-state index contributed by atoms with van der Waals surface area (Å²) >= 11 is 11.6. The van der Waals surface area contributed by atoms with E-state index >= 15 is 0 Å². The summed E-state index contributed by atoms with van der Waals surface area (Å²) < 4.78 is 0. The maximum atomic E-state index is 11.7. The Morgan fingerprint density at radius 3 is 2.38 bits per heavy atom. The van der Waals surface area contributed by atoms with Crippen molar-refractivity contribution in [2.24, 2.45) is 5.10 Å². The van der Waals surface area contributed by atoms with Crippen LogP contribution >= 0.6 is 23.2 Å². The Kier molecular flexibility index (Phi) is 5.59. The number of halogens is 2. The van der Waals surface area contributed by atoms with Gasteiger partial charge in [-0.1, -0.05) is 29.6 Å². The first-order valence-electron chi connectivity index (χ1n) is 6.68. The second-order valence-electron chi connectivity index (χ2n) is 4.76. The third kappa shape index (κ3) is 4.72. The average Bonchev–Trinajstić information content (AvgIpc) is 2.49. The molecule has 1 fully saturated rings. The van der Waals surface area contributed by atoms with E-state index in [0.717, 1.165) is 31.4 Å². The highest BCUT2D eigenvalue weighted by Crippen LogP contribution is 2.24. The number of carbonyl (C=O) groups is 2. The maximum Gasteiger partial charge on any atom is 0.329 e. The molecular weight excluding hydrogens is 313 g/mol. The van der Waals surface area contributed by atoms with Crippen molar-refractivity contribution in [3.05, 3.63) is 28.2 Å². The van der Waals surface area contributed by atoms with Crippen LogP contribution in [-0.4, -0.2) is 17.5 Å². The summed E-state index contributed by atoms with van der Waals surface area (Å²) in [7, 11) is 0. The Bertz CT molecular complexity index is 580. The molecule has 1 aliphatic carbocycles. The Morgan fingerprint density at radius 2 is 1.71 bits per heavy atom. The van der Waals surface area contributed by atoms with Crippen molar-refractivity contribution in [1.29, 1.82) is 0 Å². The first-order valence-corrected chi connectivity index (χ1v) is 7.43. The molecule has 0 unspecified atom stereocenters. The molecule has 0 bridgehead atoms. The van der Waals surface area contributed by atoms with Crippen LogP contribution in [0.1, 0.15) is 32.1 Å². The summed E-state index contributed by atoms with van der Waals surface area (Å²) in [6.07, 6.45) is 5.07. The van der Waals surface area contributed by atoms with Crippen molar-refractivity contribution < 1.29 is 9.59 Å². The van der Waals surface area contributed by atoms with Gasteiger partial charge in [-0.15, -0.1) is 0 Å². The first kappa shape index (κ1) is 15.8. The van der Waals surface area contributed by atoms with E-state index in [9.17, 15) is 9.59 Å². The van der Waals surface area contributed by atoms with E-state index in [1.54, 1.807) is 12.1 Å².